The maximum absolute atomic E-state index is 12.5. The monoisotopic (exact) mass is 642 g/mol. The summed E-state index contributed by atoms with van der Waals surface area (Å²) in [4.78, 5) is 37.1. The lowest BCUT2D eigenvalue weighted by Gasteiger charge is -2.12. The predicted octanol–water partition coefficient (Wildman–Crippen LogP) is 3.29. The van der Waals surface area contributed by atoms with Crippen LogP contribution in [0.25, 0.3) is 0 Å². The van der Waals surface area contributed by atoms with Crippen LogP contribution in [0.15, 0.2) is 72.8 Å². The van der Waals surface area contributed by atoms with Crippen LogP contribution in [0, 0.1) is 0 Å². The summed E-state index contributed by atoms with van der Waals surface area (Å²) in [5.41, 5.74) is 9.64. The summed E-state index contributed by atoms with van der Waals surface area (Å²) in [6.07, 6.45) is 1.55. The fourth-order valence-corrected chi connectivity index (χ4v) is 4.32. The molecule has 0 aliphatic carbocycles. The van der Waals surface area contributed by atoms with Gasteiger partial charge in [0.15, 0.2) is 0 Å². The first-order valence-corrected chi connectivity index (χ1v) is 15.4. The molecule has 0 fully saturated rings. The molecule has 1 heterocycles. The number of aromatic nitrogens is 3. The molecule has 1 amide bonds. The van der Waals surface area contributed by atoms with E-state index in [0.717, 1.165) is 35.1 Å². The van der Waals surface area contributed by atoms with Crippen LogP contribution in [-0.4, -0.2) is 80.3 Å². The highest BCUT2D eigenvalue weighted by Crippen LogP contribution is 2.15. The van der Waals surface area contributed by atoms with Gasteiger partial charge in [0, 0.05) is 43.9 Å². The van der Waals surface area contributed by atoms with Crippen molar-refractivity contribution >= 4 is 30.0 Å². The average molecular weight is 643 g/mol. The zero-order valence-electron chi connectivity index (χ0n) is 26.5. The fourth-order valence-electron chi connectivity index (χ4n) is 4.32. The quantitative estimate of drug-likeness (QED) is 0.0664. The van der Waals surface area contributed by atoms with Gasteiger partial charge in [0.2, 0.25) is 17.8 Å². The van der Waals surface area contributed by atoms with E-state index in [-0.39, 0.29) is 5.91 Å². The molecular formula is C34H42N8O5. The summed E-state index contributed by atoms with van der Waals surface area (Å²) in [5.74, 6) is 1.84. The maximum Gasteiger partial charge on any atom is 0.251 e. The van der Waals surface area contributed by atoms with Gasteiger partial charge < -0.3 is 41.2 Å². The van der Waals surface area contributed by atoms with Crippen molar-refractivity contribution < 1.29 is 23.8 Å². The van der Waals surface area contributed by atoms with Crippen molar-refractivity contribution in [2.45, 2.75) is 19.5 Å². The number of nitrogens with zero attached hydrogens (tertiary/aromatic N) is 3. The number of carbonyl (C=O) groups is 2. The summed E-state index contributed by atoms with van der Waals surface area (Å²) < 4.78 is 15.9. The van der Waals surface area contributed by atoms with Crippen LogP contribution in [0.4, 0.5) is 17.8 Å². The number of nitrogens with two attached hydrogens (primary N) is 1. The van der Waals surface area contributed by atoms with Gasteiger partial charge >= 0.3 is 0 Å². The molecule has 4 aromatic rings. The molecule has 0 bridgehead atoms. The third kappa shape index (κ3) is 12.3. The number of methoxy groups -OCH3 is 1. The van der Waals surface area contributed by atoms with Crippen molar-refractivity contribution in [1.29, 1.82) is 0 Å². The Kier molecular flexibility index (Phi) is 14.4. The Labute approximate surface area is 274 Å². The van der Waals surface area contributed by atoms with Gasteiger partial charge in [-0.3, -0.25) is 9.59 Å². The maximum atomic E-state index is 12.5. The minimum Gasteiger partial charge on any atom is -0.497 e. The molecule has 0 aliphatic rings. The molecule has 0 atom stereocenters. The molecule has 0 unspecified atom stereocenters. The van der Waals surface area contributed by atoms with E-state index in [2.05, 4.69) is 36.2 Å². The van der Waals surface area contributed by atoms with Gasteiger partial charge in [0.25, 0.3) is 5.91 Å². The van der Waals surface area contributed by atoms with Crippen LogP contribution < -0.4 is 31.7 Å². The molecule has 0 spiro atoms. The van der Waals surface area contributed by atoms with Crippen LogP contribution in [0.5, 0.6) is 5.75 Å². The van der Waals surface area contributed by atoms with Gasteiger partial charge in [0.05, 0.1) is 33.5 Å². The lowest BCUT2D eigenvalue weighted by Crippen LogP contribution is -2.27. The molecule has 0 saturated carbocycles. The Morgan fingerprint density at radius 3 is 1.83 bits per heavy atom. The van der Waals surface area contributed by atoms with E-state index in [4.69, 9.17) is 19.9 Å². The molecular weight excluding hydrogens is 600 g/mol. The van der Waals surface area contributed by atoms with Crippen molar-refractivity contribution in [2.75, 3.05) is 69.1 Å². The normalized spacial score (nSPS) is 10.7. The Balaban J connectivity index is 1.32. The first kappa shape index (κ1) is 34.8. The van der Waals surface area contributed by atoms with Gasteiger partial charge in [-0.15, -0.1) is 0 Å². The Morgan fingerprint density at radius 2 is 1.26 bits per heavy atom. The smallest absolute Gasteiger partial charge is 0.251 e. The van der Waals surface area contributed by atoms with Crippen molar-refractivity contribution in [3.63, 3.8) is 0 Å². The second-order valence-electron chi connectivity index (χ2n) is 10.4. The SMILES string of the molecule is COc1ccc(CNc2nc(NCCc3ccc(C=O)cc3)nc(NCc3ccc(C(=O)NCCOCCOCCN)cc3)n2)cc1. The van der Waals surface area contributed by atoms with E-state index in [0.29, 0.717) is 88.1 Å². The molecule has 1 aromatic heterocycles. The second kappa shape index (κ2) is 19.4. The third-order valence-electron chi connectivity index (χ3n) is 6.89. The van der Waals surface area contributed by atoms with Crippen LogP contribution in [0.2, 0.25) is 0 Å². The Morgan fingerprint density at radius 1 is 0.702 bits per heavy atom. The van der Waals surface area contributed by atoms with Gasteiger partial charge in [-0.1, -0.05) is 48.5 Å². The molecule has 6 N–H and O–H groups in total. The lowest BCUT2D eigenvalue weighted by atomic mass is 10.1. The first-order chi connectivity index (χ1) is 23.1. The number of hydrogen-bond acceptors (Lipinski definition) is 12. The first-order valence-electron chi connectivity index (χ1n) is 15.4. The molecule has 0 saturated heterocycles. The fraction of sp³-hybridized carbons (Fsp3) is 0.324. The number of benzene rings is 3. The predicted molar refractivity (Wildman–Crippen MR) is 181 cm³/mol. The molecule has 0 aliphatic heterocycles. The number of rotatable bonds is 21. The molecule has 0 radical (unpaired) electrons. The number of aldehydes is 1. The number of anilines is 3. The number of nitrogens with one attached hydrogen (secondary N) is 4. The Hall–Kier alpha value is -5.11. The highest BCUT2D eigenvalue weighted by atomic mass is 16.5. The minimum absolute atomic E-state index is 0.173. The summed E-state index contributed by atoms with van der Waals surface area (Å²) >= 11 is 0. The van der Waals surface area contributed by atoms with E-state index in [1.165, 1.54) is 0 Å². The van der Waals surface area contributed by atoms with Crippen LogP contribution >= 0.6 is 0 Å². The number of ether oxygens (including phenoxy) is 3. The van der Waals surface area contributed by atoms with E-state index >= 15 is 0 Å². The van der Waals surface area contributed by atoms with Gasteiger partial charge in [-0.2, -0.15) is 15.0 Å². The molecule has 13 heteroatoms. The summed E-state index contributed by atoms with van der Waals surface area (Å²) in [6, 6.07) is 22.5. The highest BCUT2D eigenvalue weighted by Gasteiger charge is 2.09. The molecule has 13 nitrogen and oxygen atoms in total. The van der Waals surface area contributed by atoms with Crippen molar-refractivity contribution in [2.24, 2.45) is 5.73 Å². The topological polar surface area (TPSA) is 175 Å². The zero-order valence-corrected chi connectivity index (χ0v) is 26.5. The van der Waals surface area contributed by atoms with Crippen LogP contribution in [-0.2, 0) is 29.0 Å². The van der Waals surface area contributed by atoms with Gasteiger partial charge in [-0.25, -0.2) is 0 Å². The lowest BCUT2D eigenvalue weighted by molar-refractivity contribution is 0.0511. The minimum atomic E-state index is -0.173. The second-order valence-corrected chi connectivity index (χ2v) is 10.4. The summed E-state index contributed by atoms with van der Waals surface area (Å²) in [5, 5.41) is 12.7. The molecule has 4 rings (SSSR count). The molecule has 47 heavy (non-hydrogen) atoms. The standard InChI is InChI=1S/C34H42N8O5/c1-45-30-12-8-27(9-13-30)23-39-34-41-32(37-16-14-25-2-4-28(24-43)5-3-25)40-33(42-34)38-22-26-6-10-29(11-7-26)31(44)36-17-19-47-21-20-46-18-15-35/h2-13,24H,14-23,35H2,1H3,(H,36,44)(H3,37,38,39,40,41,42). The molecule has 248 valence electrons. The highest BCUT2D eigenvalue weighted by molar-refractivity contribution is 5.94. The molecule has 3 aromatic carbocycles. The number of amides is 1. The summed E-state index contributed by atoms with van der Waals surface area (Å²) in [6.45, 7) is 4.24. The van der Waals surface area contributed by atoms with E-state index < -0.39 is 0 Å². The van der Waals surface area contributed by atoms with Gasteiger partial charge in [0.1, 0.15) is 12.0 Å². The van der Waals surface area contributed by atoms with Crippen LogP contribution in [0.3, 0.4) is 0 Å². The van der Waals surface area contributed by atoms with Crippen LogP contribution in [0.1, 0.15) is 37.4 Å². The van der Waals surface area contributed by atoms with Crippen molar-refractivity contribution in [3.05, 3.63) is 101 Å². The Bertz CT molecular complexity index is 1520. The zero-order chi connectivity index (χ0) is 33.1. The van der Waals surface area contributed by atoms with E-state index in [9.17, 15) is 9.59 Å². The summed E-state index contributed by atoms with van der Waals surface area (Å²) in [7, 11) is 1.63. The number of carbonyl (C=O) groups excluding carboxylic acids is 2. The third-order valence-corrected chi connectivity index (χ3v) is 6.89. The van der Waals surface area contributed by atoms with Crippen molar-refractivity contribution in [1.82, 2.24) is 20.3 Å². The average Bonchev–Trinajstić information content (AvgIpc) is 3.11. The van der Waals surface area contributed by atoms with E-state index in [1.54, 1.807) is 31.4 Å². The van der Waals surface area contributed by atoms with Gasteiger partial charge in [-0.05, 0) is 47.4 Å². The van der Waals surface area contributed by atoms with E-state index in [1.807, 2.05) is 48.5 Å². The largest absolute Gasteiger partial charge is 0.497 e. The number of hydrogen-bond donors (Lipinski definition) is 5. The van der Waals surface area contributed by atoms with Crippen molar-refractivity contribution in [3.8, 4) is 5.75 Å².